The maximum atomic E-state index is 11.9. The van der Waals surface area contributed by atoms with Crippen LogP contribution in [-0.4, -0.2) is 11.8 Å². The van der Waals surface area contributed by atoms with E-state index in [1.54, 1.807) is 48.9 Å². The Hall–Kier alpha value is -3.80. The van der Waals surface area contributed by atoms with Crippen molar-refractivity contribution in [2.24, 2.45) is 0 Å². The van der Waals surface area contributed by atoms with Crippen molar-refractivity contribution in [2.75, 3.05) is 0 Å². The molecule has 2 aromatic heterocycles. The van der Waals surface area contributed by atoms with E-state index >= 15 is 0 Å². The number of carbonyl (C=O) groups is 2. The molecule has 6 nitrogen and oxygen atoms in total. The van der Waals surface area contributed by atoms with Gasteiger partial charge in [0.05, 0.1) is 12.5 Å². The van der Waals surface area contributed by atoms with Gasteiger partial charge in [0.1, 0.15) is 11.5 Å². The van der Waals surface area contributed by atoms with Gasteiger partial charge in [-0.1, -0.05) is 24.3 Å². The highest BCUT2D eigenvalue weighted by Crippen LogP contribution is 2.06. The Morgan fingerprint density at radius 2 is 1.25 bits per heavy atom. The summed E-state index contributed by atoms with van der Waals surface area (Å²) in [5.41, 5.74) is 1.88. The molecular weight excluding hydrogens is 356 g/mol. The molecule has 0 saturated heterocycles. The van der Waals surface area contributed by atoms with Crippen molar-refractivity contribution in [3.05, 3.63) is 95.9 Å². The first kappa shape index (κ1) is 19.0. The molecule has 28 heavy (non-hydrogen) atoms. The monoisotopic (exact) mass is 376 g/mol. The molecule has 0 spiro atoms. The maximum absolute atomic E-state index is 11.9. The number of furan rings is 2. The van der Waals surface area contributed by atoms with E-state index in [1.807, 2.05) is 24.3 Å². The van der Waals surface area contributed by atoms with Gasteiger partial charge in [0.15, 0.2) is 0 Å². The largest absolute Gasteiger partial charge is 0.465 e. The minimum Gasteiger partial charge on any atom is -0.465 e. The summed E-state index contributed by atoms with van der Waals surface area (Å²) in [5.74, 6) is 0.819. The fraction of sp³-hybridized carbons (Fsp3) is 0.0909. The van der Waals surface area contributed by atoms with E-state index < -0.39 is 0 Å². The Balaban J connectivity index is 1.45. The van der Waals surface area contributed by atoms with E-state index in [2.05, 4.69) is 10.6 Å². The second kappa shape index (κ2) is 9.78. The molecule has 0 fully saturated rings. The smallest absolute Gasteiger partial charge is 0.244 e. The summed E-state index contributed by atoms with van der Waals surface area (Å²) in [6, 6.07) is 14.7. The highest BCUT2D eigenvalue weighted by molar-refractivity contribution is 5.91. The number of rotatable bonds is 8. The number of hydrogen-bond donors (Lipinski definition) is 2. The van der Waals surface area contributed by atoms with E-state index in [0.717, 1.165) is 11.1 Å². The van der Waals surface area contributed by atoms with Gasteiger partial charge < -0.3 is 19.5 Å². The fourth-order valence-electron chi connectivity index (χ4n) is 2.43. The summed E-state index contributed by atoms with van der Waals surface area (Å²) < 4.78 is 10.3. The quantitative estimate of drug-likeness (QED) is 0.589. The predicted octanol–water partition coefficient (Wildman–Crippen LogP) is 3.53. The summed E-state index contributed by atoms with van der Waals surface area (Å²) in [6.45, 7) is 0.781. The lowest BCUT2D eigenvalue weighted by molar-refractivity contribution is -0.117. The third kappa shape index (κ3) is 6.17. The SMILES string of the molecule is O=C(/C=C/c1ccco1)NCc1cccc(CNC(=O)/C=C/c2ccco2)c1. The lowest BCUT2D eigenvalue weighted by atomic mass is 10.1. The Labute approximate surface area is 162 Å². The van der Waals surface area contributed by atoms with Crippen molar-refractivity contribution in [3.63, 3.8) is 0 Å². The molecule has 0 aliphatic carbocycles. The van der Waals surface area contributed by atoms with Crippen LogP contribution in [0.1, 0.15) is 22.6 Å². The van der Waals surface area contributed by atoms with E-state index in [-0.39, 0.29) is 11.8 Å². The van der Waals surface area contributed by atoms with Crippen molar-refractivity contribution >= 4 is 24.0 Å². The summed E-state index contributed by atoms with van der Waals surface area (Å²) in [7, 11) is 0. The van der Waals surface area contributed by atoms with Crippen LogP contribution >= 0.6 is 0 Å². The summed E-state index contributed by atoms with van der Waals surface area (Å²) in [5, 5.41) is 5.63. The lowest BCUT2D eigenvalue weighted by Crippen LogP contribution is -2.21. The highest BCUT2D eigenvalue weighted by Gasteiger charge is 2.01. The van der Waals surface area contributed by atoms with Gasteiger partial charge in [0.25, 0.3) is 0 Å². The van der Waals surface area contributed by atoms with Gasteiger partial charge in [-0.2, -0.15) is 0 Å². The summed E-state index contributed by atoms with van der Waals surface area (Å²) >= 11 is 0. The fourth-order valence-corrected chi connectivity index (χ4v) is 2.43. The number of hydrogen-bond acceptors (Lipinski definition) is 4. The zero-order valence-electron chi connectivity index (χ0n) is 15.1. The Kier molecular flexibility index (Phi) is 6.62. The van der Waals surface area contributed by atoms with Gasteiger partial charge in [0.2, 0.25) is 11.8 Å². The molecule has 2 amide bonds. The van der Waals surface area contributed by atoms with Crippen LogP contribution < -0.4 is 10.6 Å². The zero-order valence-corrected chi connectivity index (χ0v) is 15.1. The minimum atomic E-state index is -0.210. The first-order valence-electron chi connectivity index (χ1n) is 8.76. The standard InChI is InChI=1S/C22H20N2O4/c25-21(10-8-19-6-2-12-27-19)23-15-17-4-1-5-18(14-17)16-24-22(26)11-9-20-7-3-13-28-20/h1-14H,15-16H2,(H,23,25)(H,24,26)/b10-8+,11-9+. The molecular formula is C22H20N2O4. The second-order valence-electron chi connectivity index (χ2n) is 5.95. The van der Waals surface area contributed by atoms with Crippen LogP contribution in [0.2, 0.25) is 0 Å². The Morgan fingerprint density at radius 1 is 0.750 bits per heavy atom. The normalized spacial score (nSPS) is 11.1. The van der Waals surface area contributed by atoms with Gasteiger partial charge >= 0.3 is 0 Å². The van der Waals surface area contributed by atoms with Crippen LogP contribution in [0.25, 0.3) is 12.2 Å². The average Bonchev–Trinajstić information content (AvgIpc) is 3.42. The molecule has 0 unspecified atom stereocenters. The third-order valence-electron chi connectivity index (χ3n) is 3.81. The molecule has 0 aliphatic heterocycles. The van der Waals surface area contributed by atoms with Gasteiger partial charge in [0, 0.05) is 25.2 Å². The number of carbonyl (C=O) groups excluding carboxylic acids is 2. The molecule has 3 aromatic rings. The lowest BCUT2D eigenvalue weighted by Gasteiger charge is -2.07. The highest BCUT2D eigenvalue weighted by atomic mass is 16.3. The van der Waals surface area contributed by atoms with E-state index in [4.69, 9.17) is 8.83 Å². The van der Waals surface area contributed by atoms with Crippen LogP contribution in [0, 0.1) is 0 Å². The number of amides is 2. The average molecular weight is 376 g/mol. The van der Waals surface area contributed by atoms with Gasteiger partial charge in [-0.15, -0.1) is 0 Å². The molecule has 0 saturated carbocycles. The number of benzene rings is 1. The van der Waals surface area contributed by atoms with Crippen molar-refractivity contribution in [2.45, 2.75) is 13.1 Å². The first-order valence-corrected chi connectivity index (χ1v) is 8.76. The van der Waals surface area contributed by atoms with Gasteiger partial charge in [-0.3, -0.25) is 9.59 Å². The summed E-state index contributed by atoms with van der Waals surface area (Å²) in [4.78, 5) is 23.7. The van der Waals surface area contributed by atoms with Crippen LogP contribution in [0.5, 0.6) is 0 Å². The third-order valence-corrected chi connectivity index (χ3v) is 3.81. The zero-order chi connectivity index (χ0) is 19.6. The van der Waals surface area contributed by atoms with E-state index in [1.165, 1.54) is 12.2 Å². The molecule has 142 valence electrons. The van der Waals surface area contributed by atoms with Crippen LogP contribution in [0.4, 0.5) is 0 Å². The Morgan fingerprint density at radius 3 is 1.68 bits per heavy atom. The molecule has 6 heteroatoms. The number of nitrogens with one attached hydrogen (secondary N) is 2. The molecule has 0 radical (unpaired) electrons. The molecule has 2 heterocycles. The second-order valence-corrected chi connectivity index (χ2v) is 5.95. The van der Waals surface area contributed by atoms with Crippen molar-refractivity contribution in [1.29, 1.82) is 0 Å². The first-order chi connectivity index (χ1) is 13.7. The van der Waals surface area contributed by atoms with Crippen LogP contribution in [-0.2, 0) is 22.7 Å². The minimum absolute atomic E-state index is 0.210. The van der Waals surface area contributed by atoms with Gasteiger partial charge in [-0.25, -0.2) is 0 Å². The molecule has 3 rings (SSSR count). The van der Waals surface area contributed by atoms with E-state index in [9.17, 15) is 9.59 Å². The molecule has 1 aromatic carbocycles. The topological polar surface area (TPSA) is 84.5 Å². The predicted molar refractivity (Wildman–Crippen MR) is 106 cm³/mol. The summed E-state index contributed by atoms with van der Waals surface area (Å²) in [6.07, 6.45) is 9.17. The van der Waals surface area contributed by atoms with E-state index in [0.29, 0.717) is 24.6 Å². The maximum Gasteiger partial charge on any atom is 0.244 e. The van der Waals surface area contributed by atoms with Crippen molar-refractivity contribution in [3.8, 4) is 0 Å². The van der Waals surface area contributed by atoms with Crippen LogP contribution in [0.15, 0.2) is 82.0 Å². The van der Waals surface area contributed by atoms with Gasteiger partial charge in [-0.05, 0) is 47.5 Å². The molecule has 0 atom stereocenters. The molecule has 0 bridgehead atoms. The van der Waals surface area contributed by atoms with Crippen molar-refractivity contribution < 1.29 is 18.4 Å². The molecule has 0 aliphatic rings. The van der Waals surface area contributed by atoms with Crippen LogP contribution in [0.3, 0.4) is 0 Å². The molecule has 2 N–H and O–H groups in total. The Bertz CT molecular complexity index is 879. The van der Waals surface area contributed by atoms with Crippen molar-refractivity contribution in [1.82, 2.24) is 10.6 Å².